The van der Waals surface area contributed by atoms with Gasteiger partial charge in [-0.05, 0) is 47.4 Å². The van der Waals surface area contributed by atoms with Crippen molar-refractivity contribution < 1.29 is 18.0 Å². The van der Waals surface area contributed by atoms with Crippen molar-refractivity contribution in [3.05, 3.63) is 87.9 Å². The van der Waals surface area contributed by atoms with Crippen molar-refractivity contribution in [1.29, 1.82) is 5.26 Å². The average Bonchev–Trinajstić information content (AvgIpc) is 3.39. The van der Waals surface area contributed by atoms with E-state index in [1.165, 1.54) is 29.2 Å². The van der Waals surface area contributed by atoms with Gasteiger partial charge in [-0.1, -0.05) is 67.3 Å². The summed E-state index contributed by atoms with van der Waals surface area (Å²) in [5, 5.41) is 19.2. The first-order valence-electron chi connectivity index (χ1n) is 12.6. The van der Waals surface area contributed by atoms with E-state index < -0.39 is 17.7 Å². The van der Waals surface area contributed by atoms with Gasteiger partial charge in [0.1, 0.15) is 5.82 Å². The first kappa shape index (κ1) is 29.2. The Hall–Kier alpha value is -3.27. The summed E-state index contributed by atoms with van der Waals surface area (Å²) in [5.41, 5.74) is 8.47. The largest absolute Gasteiger partial charge is 0.416 e. The molecule has 1 aromatic heterocycles. The number of benzene rings is 2. The van der Waals surface area contributed by atoms with Crippen LogP contribution < -0.4 is 10.6 Å². The maximum absolute atomic E-state index is 13.7. The molecule has 1 aliphatic heterocycles. The number of nitriles is 1. The number of rotatable bonds is 6. The summed E-state index contributed by atoms with van der Waals surface area (Å²) in [6.45, 7) is 4.04. The zero-order valence-corrected chi connectivity index (χ0v) is 24.9. The Morgan fingerprint density at radius 2 is 1.90 bits per heavy atom. The fourth-order valence-corrected chi connectivity index (χ4v) is 7.42. The predicted molar refractivity (Wildman–Crippen MR) is 156 cm³/mol. The van der Waals surface area contributed by atoms with Crippen LogP contribution in [0, 0.1) is 16.7 Å². The number of carbonyl (C=O) groups is 1. The average molecular weight is 614 g/mol. The van der Waals surface area contributed by atoms with Crippen LogP contribution in [0.4, 0.5) is 18.3 Å². The molecule has 2 N–H and O–H groups in total. The molecule has 1 atom stereocenters. The molecular formula is C29H26F3N5OS3. The Balaban J connectivity index is 1.51. The van der Waals surface area contributed by atoms with E-state index >= 15 is 0 Å². The quantitative estimate of drug-likeness (QED) is 0.286. The highest BCUT2D eigenvalue weighted by molar-refractivity contribution is 8.00. The molecule has 6 nitrogen and oxygen atoms in total. The minimum atomic E-state index is -4.42. The molecule has 2 aliphatic rings. The highest BCUT2D eigenvalue weighted by atomic mass is 32.2. The van der Waals surface area contributed by atoms with E-state index in [2.05, 4.69) is 16.3 Å². The monoisotopic (exact) mass is 613 g/mol. The van der Waals surface area contributed by atoms with Crippen molar-refractivity contribution in [1.82, 2.24) is 10.2 Å². The lowest BCUT2D eigenvalue weighted by Gasteiger charge is -2.42. The fourth-order valence-electron chi connectivity index (χ4n) is 5.19. The van der Waals surface area contributed by atoms with Gasteiger partial charge in [-0.15, -0.1) is 22.0 Å². The van der Waals surface area contributed by atoms with Gasteiger partial charge in [0, 0.05) is 28.3 Å². The number of aromatic nitrogens is 2. The number of anilines is 1. The third kappa shape index (κ3) is 5.89. The summed E-state index contributed by atoms with van der Waals surface area (Å²) in [6.07, 6.45) is -1.56. The Morgan fingerprint density at radius 1 is 1.17 bits per heavy atom. The number of hydrogen-bond acceptors (Lipinski definition) is 9. The molecule has 3 aromatic rings. The van der Waals surface area contributed by atoms with Crippen LogP contribution in [-0.2, 0) is 16.7 Å². The lowest BCUT2D eigenvalue weighted by atomic mass is 9.69. The molecule has 0 radical (unpaired) electrons. The van der Waals surface area contributed by atoms with Crippen molar-refractivity contribution >= 4 is 45.8 Å². The summed E-state index contributed by atoms with van der Waals surface area (Å²) in [4.78, 5) is 16.4. The fraction of sp³-hybridized carbons (Fsp3) is 0.310. The van der Waals surface area contributed by atoms with E-state index in [4.69, 9.17) is 5.73 Å². The maximum Gasteiger partial charge on any atom is 0.416 e. The van der Waals surface area contributed by atoms with Crippen LogP contribution in [0.2, 0.25) is 0 Å². The van der Waals surface area contributed by atoms with Crippen molar-refractivity contribution in [3.63, 3.8) is 0 Å². The molecule has 5 rings (SSSR count). The number of nitrogens with zero attached hydrogens (tertiary/aromatic N) is 4. The highest BCUT2D eigenvalue weighted by Gasteiger charge is 2.45. The molecule has 12 heteroatoms. The van der Waals surface area contributed by atoms with Crippen LogP contribution in [0.25, 0.3) is 0 Å². The van der Waals surface area contributed by atoms with Gasteiger partial charge in [0.2, 0.25) is 5.13 Å². The number of allylic oxidation sites excluding steroid dienone is 3. The Morgan fingerprint density at radius 3 is 2.56 bits per heavy atom. The molecule has 0 saturated carbocycles. The van der Waals surface area contributed by atoms with Crippen LogP contribution >= 0.6 is 34.9 Å². The highest BCUT2D eigenvalue weighted by Crippen LogP contribution is 2.51. The van der Waals surface area contributed by atoms with Crippen molar-refractivity contribution in [3.8, 4) is 6.07 Å². The second-order valence-electron chi connectivity index (χ2n) is 10.6. The van der Waals surface area contributed by atoms with Gasteiger partial charge in [-0.3, -0.25) is 9.69 Å². The van der Waals surface area contributed by atoms with Crippen LogP contribution in [0.3, 0.4) is 0 Å². The van der Waals surface area contributed by atoms with Crippen molar-refractivity contribution in [2.75, 3.05) is 11.2 Å². The van der Waals surface area contributed by atoms with E-state index in [0.717, 1.165) is 22.6 Å². The first-order chi connectivity index (χ1) is 19.4. The number of hydrogen-bond donors (Lipinski definition) is 1. The number of carbonyl (C=O) groups excluding carboxylic acids is 1. The van der Waals surface area contributed by atoms with Crippen LogP contribution in [-0.4, -0.2) is 22.2 Å². The summed E-state index contributed by atoms with van der Waals surface area (Å²) >= 11 is 4.08. The van der Waals surface area contributed by atoms with Gasteiger partial charge >= 0.3 is 6.18 Å². The topological polar surface area (TPSA) is 95.9 Å². The van der Waals surface area contributed by atoms with E-state index in [0.29, 0.717) is 39.1 Å². The molecular weight excluding hydrogens is 588 g/mol. The summed E-state index contributed by atoms with van der Waals surface area (Å²) in [6, 6.07) is 15.2. The minimum absolute atomic E-state index is 0.0379. The van der Waals surface area contributed by atoms with Crippen LogP contribution in [0.15, 0.2) is 80.4 Å². The van der Waals surface area contributed by atoms with Gasteiger partial charge in [-0.2, -0.15) is 18.4 Å². The number of halogens is 3. The molecule has 0 spiro atoms. The predicted octanol–water partition coefficient (Wildman–Crippen LogP) is 7.51. The zero-order chi connectivity index (χ0) is 29.5. The number of alkyl halides is 3. The smallest absolute Gasteiger partial charge is 0.384 e. The molecule has 0 fully saturated rings. The van der Waals surface area contributed by atoms with Crippen molar-refractivity contribution in [2.24, 2.45) is 11.1 Å². The third-order valence-corrected chi connectivity index (χ3v) is 9.89. The zero-order valence-electron chi connectivity index (χ0n) is 22.5. The minimum Gasteiger partial charge on any atom is -0.384 e. The van der Waals surface area contributed by atoms with Gasteiger partial charge in [-0.25, -0.2) is 0 Å². The van der Waals surface area contributed by atoms with E-state index in [1.54, 1.807) is 22.7 Å². The molecule has 0 saturated heterocycles. The summed E-state index contributed by atoms with van der Waals surface area (Å²) < 4.78 is 39.9. The van der Waals surface area contributed by atoms with Gasteiger partial charge in [0.05, 0.1) is 23.1 Å². The van der Waals surface area contributed by atoms with E-state index in [9.17, 15) is 23.2 Å². The Labute approximate surface area is 248 Å². The normalized spacial score (nSPS) is 18.9. The molecule has 1 aliphatic carbocycles. The third-order valence-electron chi connectivity index (χ3n) is 7.03. The number of nitrogens with two attached hydrogens (primary N) is 1. The summed E-state index contributed by atoms with van der Waals surface area (Å²) in [5.74, 6) is -0.167. The molecule has 1 unspecified atom stereocenters. The summed E-state index contributed by atoms with van der Waals surface area (Å²) in [7, 11) is 0. The standard InChI is InChI=1S/C29H26F3N5OS3/c1-28(2)12-21-24(22(38)13-28)23(17-7-9-19(39-3)10-8-17)20(14-33)25(34)37(21)26-35-36-27(41-26)40-15-16-5-4-6-18(11-16)29(30,31)32/h4-11,23H,12-13,15,34H2,1-3H3. The number of thioether (sulfide) groups is 2. The van der Waals surface area contributed by atoms with Crippen molar-refractivity contribution in [2.45, 2.75) is 53.8 Å². The molecule has 0 bridgehead atoms. The molecule has 2 heterocycles. The first-order valence-corrected chi connectivity index (χ1v) is 15.7. The van der Waals surface area contributed by atoms with E-state index in [-0.39, 0.29) is 28.3 Å². The van der Waals surface area contributed by atoms with Crippen LogP contribution in [0.1, 0.15) is 49.3 Å². The Bertz CT molecular complexity index is 1600. The lowest BCUT2D eigenvalue weighted by Crippen LogP contribution is -2.42. The SMILES string of the molecule is CSc1ccc(C2C(C#N)=C(N)N(c3nnc(SCc4cccc(C(F)(F)F)c4)s3)C3=C2C(=O)CC(C)(C)C3)cc1. The number of Topliss-reactive ketones (excluding diaryl/α,β-unsaturated/α-hetero) is 1. The second kappa shape index (κ2) is 11.2. The van der Waals surface area contributed by atoms with Gasteiger partial charge in [0.15, 0.2) is 10.1 Å². The van der Waals surface area contributed by atoms with E-state index in [1.807, 2.05) is 44.4 Å². The van der Waals surface area contributed by atoms with Crippen LogP contribution in [0.5, 0.6) is 0 Å². The molecule has 41 heavy (non-hydrogen) atoms. The lowest BCUT2D eigenvalue weighted by molar-refractivity contribution is -0.137. The Kier molecular flexibility index (Phi) is 7.98. The molecule has 212 valence electrons. The molecule has 0 amide bonds. The molecule has 2 aromatic carbocycles. The van der Waals surface area contributed by atoms with Gasteiger partial charge < -0.3 is 5.73 Å². The second-order valence-corrected chi connectivity index (χ2v) is 13.6. The number of ketones is 1. The maximum atomic E-state index is 13.7. The van der Waals surface area contributed by atoms with Gasteiger partial charge in [0.25, 0.3) is 0 Å².